The van der Waals surface area contributed by atoms with Crippen LogP contribution in [-0.4, -0.2) is 41.5 Å². The molecule has 0 heterocycles. The predicted molar refractivity (Wildman–Crippen MR) is 136 cm³/mol. The zero-order valence-electron chi connectivity index (χ0n) is 21.1. The van der Waals surface area contributed by atoms with Gasteiger partial charge in [0.2, 0.25) is 0 Å². The fourth-order valence-corrected chi connectivity index (χ4v) is 4.22. The van der Waals surface area contributed by atoms with Crippen LogP contribution < -0.4 is 4.74 Å². The van der Waals surface area contributed by atoms with Gasteiger partial charge in [-0.15, -0.1) is 5.73 Å². The highest BCUT2D eigenvalue weighted by Crippen LogP contribution is 2.32. The average molecular weight is 485 g/mol. The van der Waals surface area contributed by atoms with E-state index in [-0.39, 0.29) is 24.0 Å². The van der Waals surface area contributed by atoms with Gasteiger partial charge >= 0.3 is 5.97 Å². The number of carbonyl (C=O) groups excluding carboxylic acids is 2. The van der Waals surface area contributed by atoms with Crippen LogP contribution in [-0.2, 0) is 20.7 Å². The van der Waals surface area contributed by atoms with Crippen LogP contribution in [0.25, 0.3) is 0 Å². The number of hydrogen-bond donors (Lipinski definition) is 2. The summed E-state index contributed by atoms with van der Waals surface area (Å²) in [4.78, 5) is 23.5. The van der Waals surface area contributed by atoms with Gasteiger partial charge in [-0.3, -0.25) is 4.79 Å². The van der Waals surface area contributed by atoms with Gasteiger partial charge in [0.05, 0.1) is 13.7 Å². The lowest BCUT2D eigenvalue weighted by molar-refractivity contribution is -0.205. The van der Waals surface area contributed by atoms with Crippen LogP contribution in [0, 0.1) is 11.8 Å². The molecule has 6 heteroatoms. The molecule has 2 atom stereocenters. The maximum absolute atomic E-state index is 12.3. The van der Waals surface area contributed by atoms with Crippen LogP contribution in [0.3, 0.4) is 0 Å². The van der Waals surface area contributed by atoms with Gasteiger partial charge in [0.25, 0.3) is 5.79 Å². The Kier molecular flexibility index (Phi) is 12.5. The van der Waals surface area contributed by atoms with Gasteiger partial charge < -0.3 is 19.7 Å². The van der Waals surface area contributed by atoms with Crippen molar-refractivity contribution >= 4 is 11.8 Å². The van der Waals surface area contributed by atoms with Crippen LogP contribution >= 0.6 is 0 Å². The molecule has 0 amide bonds. The molecule has 1 saturated carbocycles. The number of aryl methyl sites for hydroxylation is 1. The van der Waals surface area contributed by atoms with Crippen LogP contribution in [0.2, 0.25) is 0 Å². The van der Waals surface area contributed by atoms with Crippen LogP contribution in [0.5, 0.6) is 5.75 Å². The minimum absolute atomic E-state index is 0.105. The number of hydrogen-bond acceptors (Lipinski definition) is 6. The summed E-state index contributed by atoms with van der Waals surface area (Å²) in [7, 11) is 1.09. The zero-order valence-corrected chi connectivity index (χ0v) is 21.1. The number of carbonyl (C=O) groups is 2. The van der Waals surface area contributed by atoms with Crippen molar-refractivity contribution in [1.82, 2.24) is 0 Å². The van der Waals surface area contributed by atoms with E-state index in [1.54, 1.807) is 6.08 Å². The highest BCUT2D eigenvalue weighted by molar-refractivity contribution is 5.83. The molecule has 0 saturated heterocycles. The van der Waals surface area contributed by atoms with E-state index in [1.807, 2.05) is 12.1 Å². The number of Topliss-reactive ketones (excluding diaryl/α,β-unsaturated/α-hetero) is 1. The lowest BCUT2D eigenvalue weighted by Crippen LogP contribution is -2.38. The summed E-state index contributed by atoms with van der Waals surface area (Å²) in [6.45, 7) is 2.81. The van der Waals surface area contributed by atoms with Gasteiger partial charge in [0.15, 0.2) is 0 Å². The molecule has 1 aliphatic carbocycles. The second kappa shape index (κ2) is 15.4. The van der Waals surface area contributed by atoms with Crippen molar-refractivity contribution in [3.05, 3.63) is 59.9 Å². The number of ether oxygens (including phenoxy) is 2. The third-order valence-electron chi connectivity index (χ3n) is 6.34. The smallest absolute Gasteiger partial charge is 0.366 e. The predicted octanol–water partition coefficient (Wildman–Crippen LogP) is 5.08. The third kappa shape index (κ3) is 10.2. The van der Waals surface area contributed by atoms with Gasteiger partial charge in [-0.2, -0.15) is 0 Å². The Hall–Kier alpha value is -2.66. The number of esters is 1. The first-order valence-electron chi connectivity index (χ1n) is 12.7. The molecule has 0 radical (unpaired) electrons. The molecule has 0 aromatic heterocycles. The number of benzene rings is 1. The first-order valence-corrected chi connectivity index (χ1v) is 12.7. The maximum Gasteiger partial charge on any atom is 0.366 e. The van der Waals surface area contributed by atoms with Gasteiger partial charge in [0, 0.05) is 18.8 Å². The van der Waals surface area contributed by atoms with E-state index >= 15 is 0 Å². The lowest BCUT2D eigenvalue weighted by Gasteiger charge is -2.15. The Bertz CT molecular complexity index is 877. The van der Waals surface area contributed by atoms with Gasteiger partial charge in [0.1, 0.15) is 11.5 Å². The van der Waals surface area contributed by atoms with E-state index < -0.39 is 11.8 Å². The highest BCUT2D eigenvalue weighted by atomic mass is 16.6. The molecule has 0 spiro atoms. The minimum Gasteiger partial charge on any atom is -0.493 e. The number of unbranched alkanes of at least 4 members (excludes halogenated alkanes) is 3. The van der Waals surface area contributed by atoms with E-state index in [0.717, 1.165) is 32.1 Å². The van der Waals surface area contributed by atoms with E-state index in [0.29, 0.717) is 19.4 Å². The fourth-order valence-electron chi connectivity index (χ4n) is 4.22. The second-order valence-electron chi connectivity index (χ2n) is 9.12. The molecule has 0 bridgehead atoms. The van der Waals surface area contributed by atoms with E-state index in [1.165, 1.54) is 37.3 Å². The fraction of sp³-hybridized carbons (Fsp3) is 0.552. The number of aliphatic hydroxyl groups is 2. The summed E-state index contributed by atoms with van der Waals surface area (Å²) in [5.74, 6) is -2.50. The summed E-state index contributed by atoms with van der Waals surface area (Å²) in [6.07, 6.45) is 15.8. The Balaban J connectivity index is 1.73. The molecule has 1 aromatic rings. The number of ketones is 1. The first kappa shape index (κ1) is 28.6. The maximum atomic E-state index is 12.3. The molecule has 0 unspecified atom stereocenters. The van der Waals surface area contributed by atoms with Crippen molar-refractivity contribution < 1.29 is 29.3 Å². The zero-order chi connectivity index (χ0) is 25.5. The topological polar surface area (TPSA) is 93.1 Å². The summed E-state index contributed by atoms with van der Waals surface area (Å²) in [6, 6.07) is 8.36. The van der Waals surface area contributed by atoms with Crippen LogP contribution in [0.15, 0.2) is 54.3 Å². The van der Waals surface area contributed by atoms with Crippen molar-refractivity contribution in [2.24, 2.45) is 11.8 Å². The molecule has 192 valence electrons. The van der Waals surface area contributed by atoms with Gasteiger partial charge in [-0.1, -0.05) is 50.5 Å². The minimum atomic E-state index is -2.57. The molecule has 1 aliphatic rings. The molecular formula is C29H40O6. The van der Waals surface area contributed by atoms with E-state index in [4.69, 9.17) is 4.74 Å². The molecule has 2 N–H and O–H groups in total. The molecular weight excluding hydrogens is 444 g/mol. The SMILES string of the molecule is CCCCCCc1ccc(OCC/C=C/[C@H]2CCC(=O)[C@@H]2CC=C=CCC(O)(O)C(=O)OC)cc1. The average Bonchev–Trinajstić information content (AvgIpc) is 3.20. The number of rotatable bonds is 15. The standard InChI is InChI=1S/C29H40O6/c1-3-4-5-7-12-23-15-18-25(19-16-23)35-22-11-9-13-24-17-20-27(30)26(24)14-8-6-10-21-29(32,33)28(31)34-2/h8-10,13,15-16,18-19,24,26,32-33H,3-5,7,11-12,14,17,20-22H2,1-2H3/b13-9+/t6?,24-,26+/m0/s1. The van der Waals surface area contributed by atoms with Crippen molar-refractivity contribution in [1.29, 1.82) is 0 Å². The molecule has 0 aliphatic heterocycles. The summed E-state index contributed by atoms with van der Waals surface area (Å²) in [5, 5.41) is 19.1. The van der Waals surface area contributed by atoms with E-state index in [9.17, 15) is 19.8 Å². The quantitative estimate of drug-likeness (QED) is 0.119. The van der Waals surface area contributed by atoms with Crippen LogP contribution in [0.1, 0.15) is 70.3 Å². The Morgan fingerprint density at radius 2 is 1.94 bits per heavy atom. The molecule has 6 nitrogen and oxygen atoms in total. The lowest BCUT2D eigenvalue weighted by atomic mass is 9.91. The molecule has 35 heavy (non-hydrogen) atoms. The monoisotopic (exact) mass is 484 g/mol. The van der Waals surface area contributed by atoms with E-state index in [2.05, 4.69) is 41.7 Å². The molecule has 1 aromatic carbocycles. The molecule has 2 rings (SSSR count). The summed E-state index contributed by atoms with van der Waals surface area (Å²) in [5.41, 5.74) is 4.18. The summed E-state index contributed by atoms with van der Waals surface area (Å²) >= 11 is 0. The van der Waals surface area contributed by atoms with Gasteiger partial charge in [-0.25, -0.2) is 4.79 Å². The third-order valence-corrected chi connectivity index (χ3v) is 6.34. The number of methoxy groups -OCH3 is 1. The van der Waals surface area contributed by atoms with Crippen molar-refractivity contribution in [2.75, 3.05) is 13.7 Å². The number of allylic oxidation sites excluding steroid dienone is 1. The second-order valence-corrected chi connectivity index (χ2v) is 9.12. The first-order chi connectivity index (χ1) is 16.9. The largest absolute Gasteiger partial charge is 0.493 e. The highest BCUT2D eigenvalue weighted by Gasteiger charge is 2.33. The van der Waals surface area contributed by atoms with Crippen molar-refractivity contribution in [2.45, 2.75) is 76.9 Å². The summed E-state index contributed by atoms with van der Waals surface area (Å²) < 4.78 is 10.2. The Morgan fingerprint density at radius 1 is 1.17 bits per heavy atom. The molecule has 1 fully saturated rings. The van der Waals surface area contributed by atoms with Crippen molar-refractivity contribution in [3.63, 3.8) is 0 Å². The Morgan fingerprint density at radius 3 is 2.66 bits per heavy atom. The van der Waals surface area contributed by atoms with Crippen LogP contribution in [0.4, 0.5) is 0 Å². The Labute approximate surface area is 209 Å². The van der Waals surface area contributed by atoms with Crippen molar-refractivity contribution in [3.8, 4) is 5.75 Å². The van der Waals surface area contributed by atoms with Gasteiger partial charge in [-0.05, 0) is 67.9 Å². The normalized spacial score (nSPS) is 17.9.